The molecule has 80 valence electrons. The summed E-state index contributed by atoms with van der Waals surface area (Å²) in [4.78, 5) is 0. The average Bonchev–Trinajstić information content (AvgIpc) is 2.60. The maximum atomic E-state index is 11.7. The van der Waals surface area contributed by atoms with Crippen molar-refractivity contribution >= 4 is 9.84 Å². The van der Waals surface area contributed by atoms with Crippen LogP contribution < -0.4 is 0 Å². The van der Waals surface area contributed by atoms with Crippen LogP contribution in [0, 0.1) is 0 Å². The lowest BCUT2D eigenvalue weighted by atomic mass is 10.2. The third-order valence-electron chi connectivity index (χ3n) is 2.73. The SMILES string of the molecule is C=CCS(=O)(=O)C1COC2CCOC21. The van der Waals surface area contributed by atoms with Gasteiger partial charge >= 0.3 is 0 Å². The van der Waals surface area contributed by atoms with Crippen molar-refractivity contribution in [2.75, 3.05) is 19.0 Å². The highest BCUT2D eigenvalue weighted by Crippen LogP contribution is 2.30. The van der Waals surface area contributed by atoms with Gasteiger partial charge in [-0.3, -0.25) is 0 Å². The van der Waals surface area contributed by atoms with Crippen molar-refractivity contribution in [1.82, 2.24) is 0 Å². The third kappa shape index (κ3) is 1.60. The maximum Gasteiger partial charge on any atom is 0.161 e. The van der Waals surface area contributed by atoms with Crippen LogP contribution in [0.5, 0.6) is 0 Å². The standard InChI is InChI=1S/C9H14O4S/c1-2-5-14(10,11)8-6-13-7-3-4-12-9(7)8/h2,7-9H,1,3-6H2. The summed E-state index contributed by atoms with van der Waals surface area (Å²) in [5.74, 6) is 0.00755. The van der Waals surface area contributed by atoms with Crippen molar-refractivity contribution in [3.05, 3.63) is 12.7 Å². The molecule has 5 heteroatoms. The third-order valence-corrected chi connectivity index (χ3v) is 4.76. The molecule has 0 saturated carbocycles. The Morgan fingerprint density at radius 2 is 2.21 bits per heavy atom. The lowest BCUT2D eigenvalue weighted by Gasteiger charge is -2.15. The predicted molar refractivity (Wildman–Crippen MR) is 51.9 cm³/mol. The number of rotatable bonds is 3. The van der Waals surface area contributed by atoms with E-state index in [1.165, 1.54) is 6.08 Å². The molecule has 2 saturated heterocycles. The second kappa shape index (κ2) is 3.64. The molecule has 4 nitrogen and oxygen atoms in total. The molecule has 0 spiro atoms. The van der Waals surface area contributed by atoms with Crippen LogP contribution in [0.2, 0.25) is 0 Å². The molecule has 2 fully saturated rings. The fourth-order valence-corrected chi connectivity index (χ4v) is 3.55. The van der Waals surface area contributed by atoms with Crippen molar-refractivity contribution in [2.24, 2.45) is 0 Å². The van der Waals surface area contributed by atoms with Gasteiger partial charge in [-0.15, -0.1) is 6.58 Å². The van der Waals surface area contributed by atoms with Crippen LogP contribution >= 0.6 is 0 Å². The Hall–Kier alpha value is -0.390. The molecule has 2 aliphatic rings. The quantitative estimate of drug-likeness (QED) is 0.632. The number of hydrogen-bond donors (Lipinski definition) is 0. The Bertz CT molecular complexity index is 322. The summed E-state index contributed by atoms with van der Waals surface area (Å²) in [6.07, 6.45) is 1.96. The highest BCUT2D eigenvalue weighted by molar-refractivity contribution is 7.92. The lowest BCUT2D eigenvalue weighted by Crippen LogP contribution is -2.35. The maximum absolute atomic E-state index is 11.7. The predicted octanol–water partition coefficient (Wildman–Crippen LogP) is 0.143. The summed E-state index contributed by atoms with van der Waals surface area (Å²) in [6.45, 7) is 4.32. The van der Waals surface area contributed by atoms with Gasteiger partial charge in [-0.25, -0.2) is 8.42 Å². The van der Waals surface area contributed by atoms with Gasteiger partial charge in [0, 0.05) is 6.61 Å². The molecule has 3 unspecified atom stereocenters. The van der Waals surface area contributed by atoms with Gasteiger partial charge in [0.15, 0.2) is 9.84 Å². The van der Waals surface area contributed by atoms with Crippen molar-refractivity contribution in [2.45, 2.75) is 23.9 Å². The average molecular weight is 218 g/mol. The smallest absolute Gasteiger partial charge is 0.161 e. The Morgan fingerprint density at radius 1 is 1.43 bits per heavy atom. The fourth-order valence-electron chi connectivity index (χ4n) is 2.03. The molecule has 0 aromatic rings. The topological polar surface area (TPSA) is 52.6 Å². The van der Waals surface area contributed by atoms with Crippen LogP contribution in [-0.4, -0.2) is 44.8 Å². The Morgan fingerprint density at radius 3 is 2.93 bits per heavy atom. The zero-order valence-electron chi connectivity index (χ0n) is 7.89. The first-order valence-corrected chi connectivity index (χ1v) is 6.42. The van der Waals surface area contributed by atoms with Gasteiger partial charge in [-0.1, -0.05) is 6.08 Å². The van der Waals surface area contributed by atoms with Gasteiger partial charge in [0.05, 0.1) is 18.5 Å². The van der Waals surface area contributed by atoms with Crippen LogP contribution in [0.25, 0.3) is 0 Å². The second-order valence-electron chi connectivity index (χ2n) is 3.65. The monoisotopic (exact) mass is 218 g/mol. The van der Waals surface area contributed by atoms with Gasteiger partial charge < -0.3 is 9.47 Å². The largest absolute Gasteiger partial charge is 0.374 e. The molecular weight excluding hydrogens is 204 g/mol. The van der Waals surface area contributed by atoms with E-state index >= 15 is 0 Å². The first-order chi connectivity index (χ1) is 6.65. The van der Waals surface area contributed by atoms with E-state index in [2.05, 4.69) is 6.58 Å². The van der Waals surface area contributed by atoms with E-state index in [9.17, 15) is 8.42 Å². The Kier molecular flexibility index (Phi) is 2.64. The molecule has 0 radical (unpaired) electrons. The summed E-state index contributed by atoms with van der Waals surface area (Å²) < 4.78 is 34.3. The zero-order valence-corrected chi connectivity index (χ0v) is 8.70. The fraction of sp³-hybridized carbons (Fsp3) is 0.778. The minimum absolute atomic E-state index is 0.00755. The first kappa shape index (κ1) is 10.1. The first-order valence-electron chi connectivity index (χ1n) is 4.71. The van der Waals surface area contributed by atoms with Crippen molar-refractivity contribution in [3.8, 4) is 0 Å². The normalized spacial score (nSPS) is 37.0. The van der Waals surface area contributed by atoms with Crippen LogP contribution in [0.15, 0.2) is 12.7 Å². The van der Waals surface area contributed by atoms with E-state index < -0.39 is 15.1 Å². The highest BCUT2D eigenvalue weighted by Gasteiger charge is 2.47. The minimum Gasteiger partial charge on any atom is -0.374 e. The van der Waals surface area contributed by atoms with E-state index in [4.69, 9.17) is 9.47 Å². The van der Waals surface area contributed by atoms with E-state index in [1.54, 1.807) is 0 Å². The number of sulfone groups is 1. The molecule has 0 aromatic heterocycles. The van der Waals surface area contributed by atoms with Gasteiger partial charge in [0.1, 0.15) is 11.4 Å². The molecule has 2 rings (SSSR count). The molecular formula is C9H14O4S. The molecule has 2 aliphatic heterocycles. The van der Waals surface area contributed by atoms with Gasteiger partial charge in [-0.05, 0) is 6.42 Å². The molecule has 3 atom stereocenters. The molecule has 2 heterocycles. The summed E-state index contributed by atoms with van der Waals surface area (Å²) in [5.41, 5.74) is 0. The summed E-state index contributed by atoms with van der Waals surface area (Å²) >= 11 is 0. The highest BCUT2D eigenvalue weighted by atomic mass is 32.2. The Balaban J connectivity index is 2.15. The number of fused-ring (bicyclic) bond motifs is 1. The number of hydrogen-bond acceptors (Lipinski definition) is 4. The van der Waals surface area contributed by atoms with Gasteiger partial charge in [0.25, 0.3) is 0 Å². The van der Waals surface area contributed by atoms with Crippen LogP contribution in [0.3, 0.4) is 0 Å². The molecule has 0 amide bonds. The van der Waals surface area contributed by atoms with E-state index in [1.807, 2.05) is 0 Å². The molecule has 0 aliphatic carbocycles. The number of ether oxygens (including phenoxy) is 2. The molecule has 14 heavy (non-hydrogen) atoms. The van der Waals surface area contributed by atoms with Crippen molar-refractivity contribution < 1.29 is 17.9 Å². The van der Waals surface area contributed by atoms with Crippen molar-refractivity contribution in [1.29, 1.82) is 0 Å². The van der Waals surface area contributed by atoms with E-state index in [-0.39, 0.29) is 24.6 Å². The molecule has 0 aromatic carbocycles. The van der Waals surface area contributed by atoms with Gasteiger partial charge in [0.2, 0.25) is 0 Å². The summed E-state index contributed by atoms with van der Waals surface area (Å²) in [5, 5.41) is -0.493. The van der Waals surface area contributed by atoms with Crippen LogP contribution in [0.1, 0.15) is 6.42 Å². The van der Waals surface area contributed by atoms with Crippen LogP contribution in [0.4, 0.5) is 0 Å². The summed E-state index contributed by atoms with van der Waals surface area (Å²) in [6, 6.07) is 0. The van der Waals surface area contributed by atoms with E-state index in [0.717, 1.165) is 6.42 Å². The van der Waals surface area contributed by atoms with Crippen molar-refractivity contribution in [3.63, 3.8) is 0 Å². The molecule has 0 bridgehead atoms. The van der Waals surface area contributed by atoms with Crippen LogP contribution in [-0.2, 0) is 19.3 Å². The van der Waals surface area contributed by atoms with E-state index in [0.29, 0.717) is 6.61 Å². The second-order valence-corrected chi connectivity index (χ2v) is 5.92. The lowest BCUT2D eigenvalue weighted by molar-refractivity contribution is 0.0736. The summed E-state index contributed by atoms with van der Waals surface area (Å²) in [7, 11) is -3.13. The van der Waals surface area contributed by atoms with Gasteiger partial charge in [-0.2, -0.15) is 0 Å². The molecule has 0 N–H and O–H groups in total. The minimum atomic E-state index is -3.13. The zero-order chi connectivity index (χ0) is 10.2. The Labute approximate surface area is 83.8 Å².